The van der Waals surface area contributed by atoms with Crippen LogP contribution in [0, 0.1) is 18.2 Å². The minimum Gasteiger partial charge on any atom is -0.507 e. The molecule has 3 aromatic carbocycles. The van der Waals surface area contributed by atoms with Gasteiger partial charge in [-0.15, -0.1) is 0 Å². The van der Waals surface area contributed by atoms with Gasteiger partial charge in [0.15, 0.2) is 5.78 Å². The summed E-state index contributed by atoms with van der Waals surface area (Å²) in [4.78, 5) is 15.2. The first-order chi connectivity index (χ1) is 16.5. The van der Waals surface area contributed by atoms with Crippen molar-refractivity contribution in [3.05, 3.63) is 118 Å². The number of nitrogens with one attached hydrogen (secondary N) is 1. The SMILES string of the molecule is Cc1ccccc1N1C(=N)/C(=C(/O)c2ccccc2)C(c2ccc(F)cc2)C2=C1CCCC2=O. The highest BCUT2D eigenvalue weighted by Gasteiger charge is 2.43. The van der Waals surface area contributed by atoms with Gasteiger partial charge in [0.2, 0.25) is 0 Å². The van der Waals surface area contributed by atoms with E-state index in [2.05, 4.69) is 0 Å². The number of Topliss-reactive ketones (excluding diaryl/α,β-unsaturated/α-hetero) is 1. The summed E-state index contributed by atoms with van der Waals surface area (Å²) < 4.78 is 13.8. The number of aryl methyl sites for hydroxylation is 1. The average Bonchev–Trinajstić information content (AvgIpc) is 2.85. The Kier molecular flexibility index (Phi) is 5.62. The second-order valence-corrected chi connectivity index (χ2v) is 8.72. The number of para-hydroxylation sites is 1. The van der Waals surface area contributed by atoms with E-state index in [-0.39, 0.29) is 23.2 Å². The van der Waals surface area contributed by atoms with Gasteiger partial charge in [0.05, 0.1) is 5.69 Å². The predicted octanol–water partition coefficient (Wildman–Crippen LogP) is 6.69. The number of aliphatic hydroxyl groups excluding tert-OH is 1. The molecule has 1 unspecified atom stereocenters. The summed E-state index contributed by atoms with van der Waals surface area (Å²) in [6.45, 7) is 1.97. The van der Waals surface area contributed by atoms with Gasteiger partial charge >= 0.3 is 0 Å². The topological polar surface area (TPSA) is 64.4 Å². The number of carbonyl (C=O) groups excluding carboxylic acids is 1. The van der Waals surface area contributed by atoms with Crippen LogP contribution in [0.3, 0.4) is 0 Å². The van der Waals surface area contributed by atoms with Crippen LogP contribution in [-0.4, -0.2) is 16.7 Å². The fourth-order valence-electron chi connectivity index (χ4n) is 5.01. The molecule has 0 bridgehead atoms. The van der Waals surface area contributed by atoms with Crippen LogP contribution in [0.2, 0.25) is 0 Å². The number of nitrogens with zero attached hydrogens (tertiary/aromatic N) is 1. The second kappa shape index (κ2) is 8.75. The van der Waals surface area contributed by atoms with E-state index in [1.165, 1.54) is 12.1 Å². The van der Waals surface area contributed by atoms with E-state index < -0.39 is 5.92 Å². The molecule has 2 N–H and O–H groups in total. The van der Waals surface area contributed by atoms with E-state index in [1.54, 1.807) is 24.3 Å². The third-order valence-corrected chi connectivity index (χ3v) is 6.62. The Bertz CT molecular complexity index is 1340. The van der Waals surface area contributed by atoms with Gasteiger partial charge in [-0.05, 0) is 49.1 Å². The molecule has 0 fully saturated rings. The molecule has 0 radical (unpaired) electrons. The molecule has 1 aliphatic carbocycles. The molecule has 170 valence electrons. The molecule has 2 aliphatic rings. The monoisotopic (exact) mass is 452 g/mol. The molecule has 1 atom stereocenters. The van der Waals surface area contributed by atoms with E-state index in [9.17, 15) is 19.7 Å². The number of hydrogen-bond acceptors (Lipinski definition) is 3. The number of amidine groups is 1. The number of rotatable bonds is 3. The Morgan fingerprint density at radius 2 is 1.65 bits per heavy atom. The molecule has 0 amide bonds. The largest absolute Gasteiger partial charge is 0.507 e. The van der Waals surface area contributed by atoms with Gasteiger partial charge in [0, 0.05) is 34.7 Å². The summed E-state index contributed by atoms with van der Waals surface area (Å²) in [5.41, 5.74) is 4.72. The fraction of sp³-hybridized carbons (Fsp3) is 0.172. The Hall–Kier alpha value is -3.99. The van der Waals surface area contributed by atoms with E-state index in [0.29, 0.717) is 41.5 Å². The van der Waals surface area contributed by atoms with Gasteiger partial charge < -0.3 is 5.11 Å². The molecular weight excluding hydrogens is 427 g/mol. The number of aliphatic hydroxyl groups is 1. The van der Waals surface area contributed by atoms with Gasteiger partial charge in [0.1, 0.15) is 17.4 Å². The number of ketones is 1. The smallest absolute Gasteiger partial charge is 0.161 e. The third kappa shape index (κ3) is 3.63. The zero-order valence-corrected chi connectivity index (χ0v) is 18.9. The lowest BCUT2D eigenvalue weighted by Crippen LogP contribution is -2.42. The first kappa shape index (κ1) is 21.8. The van der Waals surface area contributed by atoms with Crippen molar-refractivity contribution in [1.82, 2.24) is 0 Å². The second-order valence-electron chi connectivity index (χ2n) is 8.72. The summed E-state index contributed by atoms with van der Waals surface area (Å²) >= 11 is 0. The molecule has 4 nitrogen and oxygen atoms in total. The van der Waals surface area contributed by atoms with Gasteiger partial charge in [-0.1, -0.05) is 60.7 Å². The van der Waals surface area contributed by atoms with Crippen LogP contribution >= 0.6 is 0 Å². The van der Waals surface area contributed by atoms with Gasteiger partial charge in [-0.2, -0.15) is 0 Å². The lowest BCUT2D eigenvalue weighted by atomic mass is 9.73. The first-order valence-corrected chi connectivity index (χ1v) is 11.4. The number of halogens is 1. The molecule has 1 heterocycles. The van der Waals surface area contributed by atoms with Crippen molar-refractivity contribution in [2.45, 2.75) is 32.1 Å². The normalized spacial score (nSPS) is 19.8. The highest BCUT2D eigenvalue weighted by atomic mass is 19.1. The Morgan fingerprint density at radius 3 is 2.35 bits per heavy atom. The van der Waals surface area contributed by atoms with E-state index in [1.807, 2.05) is 54.3 Å². The van der Waals surface area contributed by atoms with Crippen molar-refractivity contribution >= 4 is 23.1 Å². The summed E-state index contributed by atoms with van der Waals surface area (Å²) in [7, 11) is 0. The Balaban J connectivity index is 1.84. The number of allylic oxidation sites excluding steroid dienone is 2. The quantitative estimate of drug-likeness (QED) is 0.435. The zero-order valence-electron chi connectivity index (χ0n) is 18.9. The van der Waals surface area contributed by atoms with Crippen LogP contribution in [0.4, 0.5) is 10.1 Å². The van der Waals surface area contributed by atoms with Gasteiger partial charge in [-0.25, -0.2) is 4.39 Å². The standard InChI is InChI=1S/C29H25FN2O2/c1-18-8-5-6-11-22(18)32-23-12-7-13-24(33)26(23)25(19-14-16-21(30)17-15-19)27(29(32)31)28(34)20-9-3-2-4-10-20/h2-6,8-11,14-17,25,31,34H,7,12-13H2,1H3/b28-27+,31-29?. The molecule has 0 spiro atoms. The molecule has 1 aliphatic heterocycles. The van der Waals surface area contributed by atoms with E-state index in [0.717, 1.165) is 16.9 Å². The number of hydrogen-bond donors (Lipinski definition) is 2. The van der Waals surface area contributed by atoms with Crippen LogP contribution < -0.4 is 4.90 Å². The minimum absolute atomic E-state index is 0.0000193. The van der Waals surface area contributed by atoms with Crippen LogP contribution in [0.15, 0.2) is 95.7 Å². The van der Waals surface area contributed by atoms with Crippen molar-refractivity contribution in [2.24, 2.45) is 0 Å². The van der Waals surface area contributed by atoms with Gasteiger partial charge in [-0.3, -0.25) is 15.1 Å². The number of carbonyl (C=O) groups is 1. The summed E-state index contributed by atoms with van der Waals surface area (Å²) in [5, 5.41) is 20.8. The summed E-state index contributed by atoms with van der Waals surface area (Å²) in [5.74, 6) is -0.962. The maximum Gasteiger partial charge on any atom is 0.161 e. The third-order valence-electron chi connectivity index (χ3n) is 6.62. The van der Waals surface area contributed by atoms with Crippen LogP contribution in [0.25, 0.3) is 5.76 Å². The Labute approximate surface area is 198 Å². The van der Waals surface area contributed by atoms with Crippen molar-refractivity contribution in [3.63, 3.8) is 0 Å². The highest BCUT2D eigenvalue weighted by molar-refractivity contribution is 6.19. The first-order valence-electron chi connectivity index (χ1n) is 11.4. The highest BCUT2D eigenvalue weighted by Crippen LogP contribution is 2.48. The maximum atomic E-state index is 13.8. The molecule has 3 aromatic rings. The van der Waals surface area contributed by atoms with Gasteiger partial charge in [0.25, 0.3) is 0 Å². The molecule has 5 heteroatoms. The van der Waals surface area contributed by atoms with E-state index in [4.69, 9.17) is 0 Å². The van der Waals surface area contributed by atoms with Crippen LogP contribution in [0.1, 0.15) is 41.9 Å². The molecule has 5 rings (SSSR count). The number of anilines is 1. The predicted molar refractivity (Wildman–Crippen MR) is 132 cm³/mol. The van der Waals surface area contributed by atoms with Crippen molar-refractivity contribution in [2.75, 3.05) is 4.90 Å². The molecule has 0 aromatic heterocycles. The molecule has 34 heavy (non-hydrogen) atoms. The van der Waals surface area contributed by atoms with Crippen molar-refractivity contribution in [3.8, 4) is 0 Å². The maximum absolute atomic E-state index is 13.8. The van der Waals surface area contributed by atoms with Crippen LogP contribution in [-0.2, 0) is 4.79 Å². The lowest BCUT2D eigenvalue weighted by Gasteiger charge is -2.42. The lowest BCUT2D eigenvalue weighted by molar-refractivity contribution is -0.116. The molecule has 0 saturated heterocycles. The van der Waals surface area contributed by atoms with Crippen molar-refractivity contribution < 1.29 is 14.3 Å². The summed E-state index contributed by atoms with van der Waals surface area (Å²) in [6, 6.07) is 22.8. The minimum atomic E-state index is -0.656. The molecule has 0 saturated carbocycles. The Morgan fingerprint density at radius 1 is 0.971 bits per heavy atom. The molecular formula is C29H25FN2O2. The van der Waals surface area contributed by atoms with Crippen molar-refractivity contribution in [1.29, 1.82) is 5.41 Å². The van der Waals surface area contributed by atoms with E-state index >= 15 is 0 Å². The number of benzene rings is 3. The van der Waals surface area contributed by atoms with Crippen LogP contribution in [0.5, 0.6) is 0 Å². The fourth-order valence-corrected chi connectivity index (χ4v) is 5.01. The zero-order chi connectivity index (χ0) is 23.8. The average molecular weight is 453 g/mol. The summed E-state index contributed by atoms with van der Waals surface area (Å²) in [6.07, 6.45) is 1.76.